The highest BCUT2D eigenvalue weighted by Crippen LogP contribution is 2.30. The zero-order valence-corrected chi connectivity index (χ0v) is 14.0. The molecule has 0 radical (unpaired) electrons. The summed E-state index contributed by atoms with van der Waals surface area (Å²) in [5, 5.41) is 31.5. The second kappa shape index (κ2) is 7.22. The molecule has 0 saturated carbocycles. The summed E-state index contributed by atoms with van der Waals surface area (Å²) >= 11 is 5.95. The molecule has 2 aromatic carbocycles. The lowest BCUT2D eigenvalue weighted by Gasteiger charge is -1.97. The largest absolute Gasteiger partial charge is 0.479 e. The van der Waals surface area contributed by atoms with Crippen molar-refractivity contribution in [1.82, 2.24) is 4.98 Å². The number of hydrogen-bond donors (Lipinski definition) is 1. The summed E-state index contributed by atoms with van der Waals surface area (Å²) in [5.41, 5.74) is 0.194. The van der Waals surface area contributed by atoms with Gasteiger partial charge in [0.15, 0.2) is 5.69 Å². The van der Waals surface area contributed by atoms with Crippen molar-refractivity contribution < 1.29 is 19.4 Å². The van der Waals surface area contributed by atoms with Crippen molar-refractivity contribution in [2.75, 3.05) is 0 Å². The number of oxazole rings is 1. The SMILES string of the molecule is O=[N+]([O-])c1ccc(-c2nc(C=Nc3cc([N+](=O)[O-])ccc3Cl)c(O)o2)cc1. The van der Waals surface area contributed by atoms with Gasteiger partial charge in [-0.2, -0.15) is 0 Å². The van der Waals surface area contributed by atoms with Gasteiger partial charge in [0.05, 0.1) is 26.8 Å². The number of halogens is 1. The van der Waals surface area contributed by atoms with Crippen LogP contribution in [0.2, 0.25) is 5.02 Å². The molecule has 136 valence electrons. The maximum absolute atomic E-state index is 10.8. The Morgan fingerprint density at radius 3 is 2.33 bits per heavy atom. The Hall–Kier alpha value is -3.79. The van der Waals surface area contributed by atoms with Crippen molar-refractivity contribution in [2.24, 2.45) is 4.99 Å². The molecular weight excluding hydrogens is 380 g/mol. The molecule has 1 heterocycles. The molecule has 0 fully saturated rings. The first-order chi connectivity index (χ1) is 12.8. The van der Waals surface area contributed by atoms with Crippen LogP contribution < -0.4 is 0 Å². The van der Waals surface area contributed by atoms with Gasteiger partial charge in [-0.05, 0) is 18.2 Å². The van der Waals surface area contributed by atoms with Gasteiger partial charge in [0, 0.05) is 29.8 Å². The summed E-state index contributed by atoms with van der Waals surface area (Å²) in [4.78, 5) is 28.4. The minimum absolute atomic E-state index is 0.0222. The Balaban J connectivity index is 1.89. The highest BCUT2D eigenvalue weighted by Gasteiger charge is 2.15. The molecule has 10 nitrogen and oxygen atoms in total. The van der Waals surface area contributed by atoms with Crippen molar-refractivity contribution in [3.63, 3.8) is 0 Å². The lowest BCUT2D eigenvalue weighted by Crippen LogP contribution is -1.88. The van der Waals surface area contributed by atoms with Crippen LogP contribution in [-0.4, -0.2) is 26.2 Å². The predicted molar refractivity (Wildman–Crippen MR) is 95.6 cm³/mol. The van der Waals surface area contributed by atoms with Crippen LogP contribution in [0.15, 0.2) is 51.9 Å². The molecule has 0 bridgehead atoms. The van der Waals surface area contributed by atoms with Gasteiger partial charge in [-0.25, -0.2) is 4.98 Å². The molecule has 27 heavy (non-hydrogen) atoms. The molecule has 0 saturated heterocycles. The predicted octanol–water partition coefficient (Wildman–Crippen LogP) is 4.27. The second-order valence-electron chi connectivity index (χ2n) is 5.16. The van der Waals surface area contributed by atoms with E-state index < -0.39 is 15.8 Å². The third-order valence-corrected chi connectivity index (χ3v) is 3.75. The van der Waals surface area contributed by atoms with Gasteiger partial charge in [0.1, 0.15) is 0 Å². The highest BCUT2D eigenvalue weighted by molar-refractivity contribution is 6.33. The van der Waals surface area contributed by atoms with Crippen LogP contribution in [0.3, 0.4) is 0 Å². The van der Waals surface area contributed by atoms with Crippen LogP contribution >= 0.6 is 11.6 Å². The van der Waals surface area contributed by atoms with Gasteiger partial charge in [0.25, 0.3) is 11.4 Å². The van der Waals surface area contributed by atoms with Crippen molar-refractivity contribution in [3.05, 3.63) is 73.4 Å². The summed E-state index contributed by atoms with van der Waals surface area (Å²) < 4.78 is 5.12. The van der Waals surface area contributed by atoms with E-state index in [1.165, 1.54) is 42.5 Å². The van der Waals surface area contributed by atoms with Crippen molar-refractivity contribution in [2.45, 2.75) is 0 Å². The average Bonchev–Trinajstić information content (AvgIpc) is 3.01. The zero-order valence-electron chi connectivity index (χ0n) is 13.3. The maximum Gasteiger partial charge on any atom is 0.312 e. The monoisotopic (exact) mass is 388 g/mol. The summed E-state index contributed by atoms with van der Waals surface area (Å²) in [6, 6.07) is 9.12. The molecule has 0 aliphatic carbocycles. The number of aliphatic imine (C=N–C) groups is 1. The minimum Gasteiger partial charge on any atom is -0.479 e. The van der Waals surface area contributed by atoms with Crippen LogP contribution in [0.4, 0.5) is 17.1 Å². The van der Waals surface area contributed by atoms with Gasteiger partial charge in [-0.1, -0.05) is 11.6 Å². The quantitative estimate of drug-likeness (QED) is 0.390. The number of nitrogens with zero attached hydrogens (tertiary/aromatic N) is 4. The molecule has 11 heteroatoms. The number of aromatic nitrogens is 1. The van der Waals surface area contributed by atoms with Gasteiger partial charge in [-0.15, -0.1) is 0 Å². The molecule has 0 aliphatic rings. The summed E-state index contributed by atoms with van der Waals surface area (Å²) in [6.07, 6.45) is 1.14. The molecule has 0 amide bonds. The Bertz CT molecular complexity index is 1060. The van der Waals surface area contributed by atoms with Crippen LogP contribution in [0.1, 0.15) is 5.69 Å². The fourth-order valence-corrected chi connectivity index (χ4v) is 2.27. The smallest absolute Gasteiger partial charge is 0.312 e. The second-order valence-corrected chi connectivity index (χ2v) is 5.57. The van der Waals surface area contributed by atoms with Crippen LogP contribution in [-0.2, 0) is 0 Å². The fraction of sp³-hybridized carbons (Fsp3) is 0. The number of rotatable bonds is 5. The molecule has 1 N–H and O–H groups in total. The van der Waals surface area contributed by atoms with E-state index in [0.717, 1.165) is 6.21 Å². The Morgan fingerprint density at radius 1 is 1.07 bits per heavy atom. The average molecular weight is 389 g/mol. The third kappa shape index (κ3) is 3.90. The van der Waals surface area contributed by atoms with Gasteiger partial charge in [0.2, 0.25) is 5.89 Å². The standard InChI is InChI=1S/C16H9ClN4O6/c17-12-6-5-11(21(25)26)7-13(12)18-8-14-16(22)27-15(19-14)9-1-3-10(4-2-9)20(23)24/h1-8,22H. The van der Waals surface area contributed by atoms with Crippen LogP contribution in [0, 0.1) is 20.2 Å². The first kappa shape index (κ1) is 18.0. The van der Waals surface area contributed by atoms with E-state index in [4.69, 9.17) is 16.0 Å². The highest BCUT2D eigenvalue weighted by atomic mass is 35.5. The molecule has 1 aromatic heterocycles. The minimum atomic E-state index is -0.588. The molecule has 3 rings (SSSR count). The summed E-state index contributed by atoms with van der Waals surface area (Å²) in [6.45, 7) is 0. The van der Waals surface area contributed by atoms with E-state index in [1.807, 2.05) is 0 Å². The van der Waals surface area contributed by atoms with E-state index in [0.29, 0.717) is 5.56 Å². The van der Waals surface area contributed by atoms with Crippen molar-refractivity contribution >= 4 is 34.9 Å². The molecule has 0 aliphatic heterocycles. The molecule has 0 spiro atoms. The zero-order chi connectivity index (χ0) is 19.6. The molecular formula is C16H9ClN4O6. The number of aromatic hydroxyl groups is 1. The normalized spacial score (nSPS) is 11.0. The van der Waals surface area contributed by atoms with Crippen LogP contribution in [0.25, 0.3) is 11.5 Å². The molecule has 0 atom stereocenters. The van der Waals surface area contributed by atoms with Gasteiger partial charge in [-0.3, -0.25) is 25.2 Å². The van der Waals surface area contributed by atoms with Crippen molar-refractivity contribution in [1.29, 1.82) is 0 Å². The van der Waals surface area contributed by atoms with E-state index in [9.17, 15) is 25.3 Å². The first-order valence-electron chi connectivity index (χ1n) is 7.28. The lowest BCUT2D eigenvalue weighted by atomic mass is 10.2. The van der Waals surface area contributed by atoms with Gasteiger partial charge < -0.3 is 9.52 Å². The lowest BCUT2D eigenvalue weighted by molar-refractivity contribution is -0.385. The first-order valence-corrected chi connectivity index (χ1v) is 7.65. The molecule has 3 aromatic rings. The Labute approximate surface area is 155 Å². The summed E-state index contributed by atoms with van der Waals surface area (Å²) in [7, 11) is 0. The fourth-order valence-electron chi connectivity index (χ4n) is 2.10. The maximum atomic E-state index is 10.8. The van der Waals surface area contributed by atoms with E-state index in [1.54, 1.807) is 0 Å². The van der Waals surface area contributed by atoms with Crippen LogP contribution in [0.5, 0.6) is 5.95 Å². The van der Waals surface area contributed by atoms with E-state index in [-0.39, 0.29) is 33.7 Å². The van der Waals surface area contributed by atoms with E-state index >= 15 is 0 Å². The summed E-state index contributed by atoms with van der Waals surface area (Å²) in [5.74, 6) is -0.511. The Kier molecular flexibility index (Phi) is 4.81. The third-order valence-electron chi connectivity index (χ3n) is 3.43. The molecule has 0 unspecified atom stereocenters. The number of nitro groups is 2. The van der Waals surface area contributed by atoms with E-state index in [2.05, 4.69) is 9.98 Å². The topological polar surface area (TPSA) is 145 Å². The van der Waals surface area contributed by atoms with Crippen molar-refractivity contribution in [3.8, 4) is 17.4 Å². The number of hydrogen-bond acceptors (Lipinski definition) is 8. The van der Waals surface area contributed by atoms with Gasteiger partial charge >= 0.3 is 5.95 Å². The number of nitro benzene ring substituents is 2. The Morgan fingerprint density at radius 2 is 1.70 bits per heavy atom. The number of non-ortho nitro benzene ring substituents is 2. The number of benzene rings is 2.